The third-order valence-electron chi connectivity index (χ3n) is 3.56. The molecule has 2 rings (SSSR count). The molecule has 0 saturated heterocycles. The highest BCUT2D eigenvalue weighted by Gasteiger charge is 2.13. The molecule has 0 aliphatic rings. The Morgan fingerprint density at radius 1 is 1.00 bits per heavy atom. The van der Waals surface area contributed by atoms with Crippen molar-refractivity contribution in [3.8, 4) is 5.75 Å². The van der Waals surface area contributed by atoms with Gasteiger partial charge in [-0.15, -0.1) is 0 Å². The van der Waals surface area contributed by atoms with Crippen LogP contribution in [0.1, 0.15) is 28.3 Å². The van der Waals surface area contributed by atoms with Gasteiger partial charge in [-0.25, -0.2) is 8.78 Å². The number of hydrogen-bond donors (Lipinski definition) is 1. The van der Waals surface area contributed by atoms with Crippen LogP contribution in [0.4, 0.5) is 8.78 Å². The summed E-state index contributed by atoms with van der Waals surface area (Å²) in [6, 6.07) is 7.06. The summed E-state index contributed by atoms with van der Waals surface area (Å²) in [7, 11) is 1.62. The Bertz CT molecular complexity index is 635. The first-order valence-electron chi connectivity index (χ1n) is 6.76. The van der Waals surface area contributed by atoms with Crippen LogP contribution in [0.25, 0.3) is 0 Å². The zero-order valence-electron chi connectivity index (χ0n) is 12.4. The van der Waals surface area contributed by atoms with Gasteiger partial charge in [-0.1, -0.05) is 6.07 Å². The van der Waals surface area contributed by atoms with E-state index in [1.165, 1.54) is 12.1 Å². The maximum absolute atomic E-state index is 13.2. The van der Waals surface area contributed by atoms with Gasteiger partial charge in [0, 0.05) is 12.1 Å². The molecule has 0 spiro atoms. The molecule has 0 heterocycles. The second kappa shape index (κ2) is 6.22. The number of halogens is 2. The minimum atomic E-state index is -0.583. The van der Waals surface area contributed by atoms with E-state index in [1.54, 1.807) is 7.11 Å². The fourth-order valence-corrected chi connectivity index (χ4v) is 2.52. The predicted molar refractivity (Wildman–Crippen MR) is 79.5 cm³/mol. The summed E-state index contributed by atoms with van der Waals surface area (Å²) in [5.41, 5.74) is 9.69. The minimum absolute atomic E-state index is 0.323. The van der Waals surface area contributed by atoms with Gasteiger partial charge in [0.2, 0.25) is 0 Å². The molecule has 0 fully saturated rings. The van der Waals surface area contributed by atoms with E-state index in [9.17, 15) is 8.78 Å². The van der Waals surface area contributed by atoms with Crippen LogP contribution in [0.15, 0.2) is 30.3 Å². The van der Waals surface area contributed by atoms with E-state index in [-0.39, 0.29) is 6.04 Å². The van der Waals surface area contributed by atoms with Crippen molar-refractivity contribution in [3.63, 3.8) is 0 Å². The van der Waals surface area contributed by atoms with Crippen LogP contribution in [0.2, 0.25) is 0 Å². The molecule has 2 nitrogen and oxygen atoms in total. The average molecular weight is 291 g/mol. The fraction of sp³-hybridized carbons (Fsp3) is 0.294. The van der Waals surface area contributed by atoms with E-state index in [1.807, 2.05) is 26.0 Å². The normalized spacial score (nSPS) is 12.3. The van der Waals surface area contributed by atoms with E-state index in [0.29, 0.717) is 12.0 Å². The Hall–Kier alpha value is -1.94. The molecule has 2 aromatic rings. The number of hydrogen-bond acceptors (Lipinski definition) is 2. The van der Waals surface area contributed by atoms with Gasteiger partial charge in [0.1, 0.15) is 17.4 Å². The number of aryl methyl sites for hydroxylation is 2. The van der Waals surface area contributed by atoms with Gasteiger partial charge in [0.15, 0.2) is 0 Å². The fourth-order valence-electron chi connectivity index (χ4n) is 2.52. The van der Waals surface area contributed by atoms with Crippen molar-refractivity contribution in [2.45, 2.75) is 26.3 Å². The Kier molecular flexibility index (Phi) is 4.58. The van der Waals surface area contributed by atoms with Gasteiger partial charge >= 0.3 is 0 Å². The zero-order chi connectivity index (χ0) is 15.6. The van der Waals surface area contributed by atoms with Gasteiger partial charge in [-0.2, -0.15) is 0 Å². The SMILES string of the molecule is COc1cc(C)c(C(N)Cc2cc(F)cc(F)c2)cc1C. The molecular formula is C17H19F2NO. The maximum Gasteiger partial charge on any atom is 0.126 e. The highest BCUT2D eigenvalue weighted by atomic mass is 19.1. The zero-order valence-corrected chi connectivity index (χ0v) is 12.4. The van der Waals surface area contributed by atoms with Crippen molar-refractivity contribution in [1.82, 2.24) is 0 Å². The van der Waals surface area contributed by atoms with Gasteiger partial charge in [-0.05, 0) is 60.7 Å². The first kappa shape index (κ1) is 15.4. The molecule has 0 aromatic heterocycles. The van der Waals surface area contributed by atoms with Crippen molar-refractivity contribution in [2.75, 3.05) is 7.11 Å². The van der Waals surface area contributed by atoms with Gasteiger partial charge in [0.05, 0.1) is 7.11 Å². The van der Waals surface area contributed by atoms with Gasteiger partial charge in [-0.3, -0.25) is 0 Å². The molecule has 0 bridgehead atoms. The lowest BCUT2D eigenvalue weighted by Crippen LogP contribution is -2.15. The highest BCUT2D eigenvalue weighted by molar-refractivity contribution is 5.43. The molecule has 21 heavy (non-hydrogen) atoms. The maximum atomic E-state index is 13.2. The summed E-state index contributed by atoms with van der Waals surface area (Å²) < 4.78 is 31.7. The topological polar surface area (TPSA) is 35.2 Å². The summed E-state index contributed by atoms with van der Waals surface area (Å²) in [5, 5.41) is 0. The van der Waals surface area contributed by atoms with Crippen LogP contribution in [-0.4, -0.2) is 7.11 Å². The van der Waals surface area contributed by atoms with E-state index < -0.39 is 11.6 Å². The van der Waals surface area contributed by atoms with Crippen LogP contribution in [0, 0.1) is 25.5 Å². The lowest BCUT2D eigenvalue weighted by molar-refractivity contribution is 0.411. The van der Waals surface area contributed by atoms with E-state index in [4.69, 9.17) is 10.5 Å². The molecule has 0 aliphatic carbocycles. The van der Waals surface area contributed by atoms with Crippen LogP contribution < -0.4 is 10.5 Å². The lowest BCUT2D eigenvalue weighted by Gasteiger charge is -2.17. The van der Waals surface area contributed by atoms with Crippen LogP contribution in [-0.2, 0) is 6.42 Å². The van der Waals surface area contributed by atoms with Gasteiger partial charge < -0.3 is 10.5 Å². The smallest absolute Gasteiger partial charge is 0.126 e. The van der Waals surface area contributed by atoms with Crippen molar-refractivity contribution in [1.29, 1.82) is 0 Å². The molecule has 1 unspecified atom stereocenters. The quantitative estimate of drug-likeness (QED) is 0.929. The van der Waals surface area contributed by atoms with Crippen molar-refractivity contribution < 1.29 is 13.5 Å². The molecule has 0 saturated carbocycles. The Labute approximate surface area is 123 Å². The number of ether oxygens (including phenoxy) is 1. The molecule has 0 radical (unpaired) electrons. The third kappa shape index (κ3) is 3.58. The van der Waals surface area contributed by atoms with E-state index >= 15 is 0 Å². The first-order chi connectivity index (χ1) is 9.90. The van der Waals surface area contributed by atoms with Gasteiger partial charge in [0.25, 0.3) is 0 Å². The second-order valence-corrected chi connectivity index (χ2v) is 5.27. The number of methoxy groups -OCH3 is 1. The summed E-state index contributed by atoms with van der Waals surface area (Å²) in [6.07, 6.45) is 0.376. The lowest BCUT2D eigenvalue weighted by atomic mass is 9.94. The molecule has 0 aliphatic heterocycles. The Morgan fingerprint density at radius 3 is 2.19 bits per heavy atom. The average Bonchev–Trinajstić information content (AvgIpc) is 2.39. The van der Waals surface area contributed by atoms with Crippen molar-refractivity contribution >= 4 is 0 Å². The molecule has 4 heteroatoms. The molecule has 2 aromatic carbocycles. The predicted octanol–water partition coefficient (Wildman–Crippen LogP) is 3.83. The van der Waals surface area contributed by atoms with Crippen LogP contribution >= 0.6 is 0 Å². The molecule has 1 atom stereocenters. The summed E-state index contributed by atoms with van der Waals surface area (Å²) >= 11 is 0. The highest BCUT2D eigenvalue weighted by Crippen LogP contribution is 2.27. The standard InChI is InChI=1S/C17H19F2NO/c1-10-5-17(21-3)11(2)4-15(10)16(20)8-12-6-13(18)9-14(19)7-12/h4-7,9,16H,8,20H2,1-3H3. The van der Waals surface area contributed by atoms with E-state index in [2.05, 4.69) is 0 Å². The number of rotatable bonds is 4. The molecule has 112 valence electrons. The largest absolute Gasteiger partial charge is 0.496 e. The Balaban J connectivity index is 2.28. The first-order valence-corrected chi connectivity index (χ1v) is 6.76. The Morgan fingerprint density at radius 2 is 1.62 bits per heavy atom. The summed E-state index contributed by atoms with van der Waals surface area (Å²) in [5.74, 6) is -0.361. The van der Waals surface area contributed by atoms with Crippen LogP contribution in [0.3, 0.4) is 0 Å². The number of nitrogens with two attached hydrogens (primary N) is 1. The summed E-state index contributed by atoms with van der Waals surface area (Å²) in [4.78, 5) is 0. The molecule has 0 amide bonds. The number of benzene rings is 2. The van der Waals surface area contributed by atoms with Crippen LogP contribution in [0.5, 0.6) is 5.75 Å². The van der Waals surface area contributed by atoms with Crippen molar-refractivity contribution in [3.05, 3.63) is 64.2 Å². The molecular weight excluding hydrogens is 272 g/mol. The van der Waals surface area contributed by atoms with Crippen molar-refractivity contribution in [2.24, 2.45) is 5.73 Å². The third-order valence-corrected chi connectivity index (χ3v) is 3.56. The molecule has 2 N–H and O–H groups in total. The summed E-state index contributed by atoms with van der Waals surface area (Å²) in [6.45, 7) is 3.89. The monoisotopic (exact) mass is 291 g/mol. The minimum Gasteiger partial charge on any atom is -0.496 e. The van der Waals surface area contributed by atoms with E-state index in [0.717, 1.165) is 28.5 Å². The second-order valence-electron chi connectivity index (χ2n) is 5.27.